The Morgan fingerprint density at radius 3 is 1.81 bits per heavy atom. The van der Waals surface area contributed by atoms with Crippen LogP contribution in [0.5, 0.6) is 11.5 Å². The van der Waals surface area contributed by atoms with Gasteiger partial charge < -0.3 is 25.4 Å². The Balaban J connectivity index is 2.02. The summed E-state index contributed by atoms with van der Waals surface area (Å²) in [6.45, 7) is 1.29. The highest BCUT2D eigenvalue weighted by Gasteiger charge is 2.20. The number of ether oxygens (including phenoxy) is 1. The van der Waals surface area contributed by atoms with E-state index in [1.54, 1.807) is 0 Å². The van der Waals surface area contributed by atoms with Crippen LogP contribution >= 0.6 is 0 Å². The van der Waals surface area contributed by atoms with Gasteiger partial charge in [0.1, 0.15) is 5.75 Å². The fourth-order valence-corrected chi connectivity index (χ4v) is 4.05. The monoisotopic (exact) mass is 514 g/mol. The molecule has 13 heteroatoms. The van der Waals surface area contributed by atoms with Crippen LogP contribution in [-0.4, -0.2) is 47.6 Å². The number of carbonyl (C=O) groups is 4. The van der Waals surface area contributed by atoms with Gasteiger partial charge in [-0.25, -0.2) is 22.8 Å². The fraction of sp³-hybridized carbons (Fsp3) is 0.0435. The van der Waals surface area contributed by atoms with Crippen LogP contribution in [0.1, 0.15) is 38.0 Å². The maximum Gasteiger partial charge on any atom is 0.335 e. The average Bonchev–Trinajstić information content (AvgIpc) is 2.79. The van der Waals surface area contributed by atoms with E-state index in [0.717, 1.165) is 36.4 Å². The third-order valence-electron chi connectivity index (χ3n) is 4.58. The molecule has 0 fully saturated rings. The molecule has 0 bridgehead atoms. The molecule has 0 saturated heterocycles. The largest absolute Gasteiger partial charge is 0.478 e. The first kappa shape index (κ1) is 25.7. The normalized spacial score (nSPS) is 10.8. The molecule has 0 heterocycles. The third-order valence-corrected chi connectivity index (χ3v) is 5.97. The highest BCUT2D eigenvalue weighted by molar-refractivity contribution is 7.92. The van der Waals surface area contributed by atoms with Crippen molar-refractivity contribution in [2.45, 2.75) is 11.8 Å². The molecular formula is C23H18N2O10S. The highest BCUT2D eigenvalue weighted by Crippen LogP contribution is 2.33. The molecule has 0 aliphatic heterocycles. The number of nitrogens with one attached hydrogen (secondary N) is 2. The fourth-order valence-electron chi connectivity index (χ4n) is 2.99. The molecule has 5 N–H and O–H groups in total. The predicted molar refractivity (Wildman–Crippen MR) is 125 cm³/mol. The number of hydrogen-bond acceptors (Lipinski definition) is 7. The minimum Gasteiger partial charge on any atom is -0.478 e. The molecule has 0 unspecified atom stereocenters. The number of benzene rings is 3. The summed E-state index contributed by atoms with van der Waals surface area (Å²) in [4.78, 5) is 45.1. The van der Waals surface area contributed by atoms with Crippen LogP contribution in [0, 0.1) is 0 Å². The maximum absolute atomic E-state index is 13.0. The number of amides is 1. The maximum atomic E-state index is 13.0. The van der Waals surface area contributed by atoms with E-state index in [0.29, 0.717) is 5.69 Å². The first-order valence-electron chi connectivity index (χ1n) is 9.93. The molecule has 0 atom stereocenters. The van der Waals surface area contributed by atoms with E-state index < -0.39 is 39.1 Å². The molecule has 0 aromatic heterocycles. The second kappa shape index (κ2) is 10.1. The van der Waals surface area contributed by atoms with E-state index in [-0.39, 0.29) is 33.6 Å². The number of rotatable bonds is 9. The van der Waals surface area contributed by atoms with Gasteiger partial charge in [0.15, 0.2) is 5.75 Å². The Bertz CT molecular complexity index is 1450. The van der Waals surface area contributed by atoms with Crippen molar-refractivity contribution in [2.75, 3.05) is 10.0 Å². The first-order valence-corrected chi connectivity index (χ1v) is 11.4. The minimum absolute atomic E-state index is 0.218. The van der Waals surface area contributed by atoms with Gasteiger partial charge in [-0.05, 0) is 60.7 Å². The Hall–Kier alpha value is -4.91. The summed E-state index contributed by atoms with van der Waals surface area (Å²) in [5.74, 6) is -5.02. The molecule has 0 radical (unpaired) electrons. The van der Waals surface area contributed by atoms with Gasteiger partial charge in [0.2, 0.25) is 5.91 Å². The second-order valence-electron chi connectivity index (χ2n) is 7.29. The zero-order valence-corrected chi connectivity index (χ0v) is 19.2. The van der Waals surface area contributed by atoms with Crippen LogP contribution < -0.4 is 14.8 Å². The molecule has 0 spiro atoms. The van der Waals surface area contributed by atoms with Crippen molar-refractivity contribution in [3.63, 3.8) is 0 Å². The van der Waals surface area contributed by atoms with Crippen molar-refractivity contribution in [3.05, 3.63) is 77.4 Å². The molecule has 3 aromatic carbocycles. The summed E-state index contributed by atoms with van der Waals surface area (Å²) in [5.41, 5.74) is -1.03. The SMILES string of the molecule is CC(=O)Nc1ccc(S(=O)(=O)Nc2cc(C(=O)O)ccc2Oc2cc(C(=O)O)cc(C(=O)O)c2)cc1. The average molecular weight is 514 g/mol. The number of sulfonamides is 1. The summed E-state index contributed by atoms with van der Waals surface area (Å²) in [5, 5.41) is 30.3. The summed E-state index contributed by atoms with van der Waals surface area (Å²) in [6, 6.07) is 11.3. The molecule has 1 amide bonds. The molecule has 3 aromatic rings. The lowest BCUT2D eigenvalue weighted by molar-refractivity contribution is -0.114. The number of carboxylic acids is 3. The van der Waals surface area contributed by atoms with Gasteiger partial charge in [-0.15, -0.1) is 0 Å². The third kappa shape index (κ3) is 6.15. The lowest BCUT2D eigenvalue weighted by Gasteiger charge is -2.15. The second-order valence-corrected chi connectivity index (χ2v) is 8.97. The molecule has 36 heavy (non-hydrogen) atoms. The number of carbonyl (C=O) groups excluding carboxylic acids is 1. The van der Waals surface area contributed by atoms with Gasteiger partial charge in [-0.1, -0.05) is 0 Å². The van der Waals surface area contributed by atoms with Gasteiger partial charge in [-0.2, -0.15) is 0 Å². The van der Waals surface area contributed by atoms with Crippen LogP contribution in [0.15, 0.2) is 65.6 Å². The Morgan fingerprint density at radius 1 is 0.750 bits per heavy atom. The van der Waals surface area contributed by atoms with Gasteiger partial charge in [-0.3, -0.25) is 9.52 Å². The molecular weight excluding hydrogens is 496 g/mol. The topological polar surface area (TPSA) is 196 Å². The van der Waals surface area contributed by atoms with Crippen LogP contribution in [0.2, 0.25) is 0 Å². The van der Waals surface area contributed by atoms with Gasteiger partial charge in [0.05, 0.1) is 27.3 Å². The summed E-state index contributed by atoms with van der Waals surface area (Å²) < 4.78 is 33.7. The van der Waals surface area contributed by atoms with E-state index in [1.807, 2.05) is 0 Å². The lowest BCUT2D eigenvalue weighted by Crippen LogP contribution is -2.14. The standard InChI is InChI=1S/C23H18N2O10S/c1-12(26)24-16-3-5-18(6-4-16)36(33,34)25-19-11-13(21(27)28)2-7-20(19)35-17-9-14(22(29)30)8-15(10-17)23(31)32/h2-11,25H,1H3,(H,24,26)(H,27,28)(H,29,30)(H,31,32). The molecule has 12 nitrogen and oxygen atoms in total. The van der Waals surface area contributed by atoms with Gasteiger partial charge >= 0.3 is 17.9 Å². The molecule has 3 rings (SSSR count). The van der Waals surface area contributed by atoms with Crippen molar-refractivity contribution >= 4 is 45.2 Å². The minimum atomic E-state index is -4.28. The van der Waals surface area contributed by atoms with Crippen molar-refractivity contribution < 1.29 is 47.7 Å². The first-order chi connectivity index (χ1) is 16.9. The molecule has 0 aliphatic rings. The lowest BCUT2D eigenvalue weighted by atomic mass is 10.1. The zero-order chi connectivity index (χ0) is 26.6. The van der Waals surface area contributed by atoms with Crippen LogP contribution in [-0.2, 0) is 14.8 Å². The molecule has 0 aliphatic carbocycles. The van der Waals surface area contributed by atoms with Gasteiger partial charge in [0.25, 0.3) is 10.0 Å². The summed E-state index contributed by atoms with van der Waals surface area (Å²) >= 11 is 0. The van der Waals surface area contributed by atoms with E-state index in [4.69, 9.17) is 4.74 Å². The molecule has 0 saturated carbocycles. The zero-order valence-electron chi connectivity index (χ0n) is 18.4. The number of hydrogen-bond donors (Lipinski definition) is 5. The van der Waals surface area contributed by atoms with Gasteiger partial charge in [0, 0.05) is 12.6 Å². The number of carboxylic acid groups (broad SMARTS) is 3. The Labute approximate surface area is 203 Å². The van der Waals surface area contributed by atoms with Crippen LogP contribution in [0.25, 0.3) is 0 Å². The summed E-state index contributed by atoms with van der Waals surface area (Å²) in [7, 11) is -4.28. The van der Waals surface area contributed by atoms with E-state index >= 15 is 0 Å². The van der Waals surface area contributed by atoms with Crippen LogP contribution in [0.4, 0.5) is 11.4 Å². The molecule has 186 valence electrons. The van der Waals surface area contributed by atoms with Crippen molar-refractivity contribution in [3.8, 4) is 11.5 Å². The van der Waals surface area contributed by atoms with E-state index in [1.165, 1.54) is 31.2 Å². The number of aromatic carboxylic acids is 3. The Kier molecular flexibility index (Phi) is 7.25. The van der Waals surface area contributed by atoms with E-state index in [2.05, 4.69) is 10.0 Å². The quantitative estimate of drug-likeness (QED) is 0.282. The van der Waals surface area contributed by atoms with E-state index in [9.17, 15) is 42.9 Å². The van der Waals surface area contributed by atoms with Crippen molar-refractivity contribution in [1.29, 1.82) is 0 Å². The van der Waals surface area contributed by atoms with Crippen molar-refractivity contribution in [2.24, 2.45) is 0 Å². The smallest absolute Gasteiger partial charge is 0.335 e. The predicted octanol–water partition coefficient (Wildman–Crippen LogP) is 3.33. The van der Waals surface area contributed by atoms with Crippen molar-refractivity contribution in [1.82, 2.24) is 0 Å². The Morgan fingerprint density at radius 2 is 1.31 bits per heavy atom. The highest BCUT2D eigenvalue weighted by atomic mass is 32.2. The summed E-state index contributed by atoms with van der Waals surface area (Å²) in [6.07, 6.45) is 0. The van der Waals surface area contributed by atoms with Crippen LogP contribution in [0.3, 0.4) is 0 Å². The number of anilines is 2.